The lowest BCUT2D eigenvalue weighted by Gasteiger charge is -2.19. The van der Waals surface area contributed by atoms with Gasteiger partial charge in [-0.2, -0.15) is 0 Å². The van der Waals surface area contributed by atoms with Crippen LogP contribution in [-0.4, -0.2) is 49.9 Å². The maximum Gasteiger partial charge on any atom is 0.293 e. The number of carbonyl (C=O) groups is 1. The number of hydrogen-bond acceptors (Lipinski definition) is 4. The van der Waals surface area contributed by atoms with Gasteiger partial charge in [-0.3, -0.25) is 4.79 Å². The van der Waals surface area contributed by atoms with Gasteiger partial charge in [0.05, 0.1) is 12.3 Å². The van der Waals surface area contributed by atoms with Crippen LogP contribution in [0.3, 0.4) is 0 Å². The maximum atomic E-state index is 13.5. The fourth-order valence-electron chi connectivity index (χ4n) is 2.66. The Balaban J connectivity index is 1.98. The van der Waals surface area contributed by atoms with E-state index in [-0.39, 0.29) is 42.7 Å². The van der Waals surface area contributed by atoms with Crippen LogP contribution in [0, 0.1) is 5.82 Å². The first-order chi connectivity index (χ1) is 11.5. The van der Waals surface area contributed by atoms with Crippen molar-refractivity contribution in [1.29, 1.82) is 0 Å². The number of benzene rings is 1. The lowest BCUT2D eigenvalue weighted by molar-refractivity contribution is 0.0695. The third-order valence-corrected chi connectivity index (χ3v) is 3.98. The first-order valence-electron chi connectivity index (χ1n) is 8.16. The average molecular weight is 332 g/mol. The quantitative estimate of drug-likeness (QED) is 0.880. The van der Waals surface area contributed by atoms with Crippen LogP contribution in [0.25, 0.3) is 5.69 Å². The number of rotatable bonds is 6. The average Bonchev–Trinajstić information content (AvgIpc) is 3.28. The molecule has 0 spiro atoms. The van der Waals surface area contributed by atoms with E-state index in [1.807, 2.05) is 13.8 Å². The van der Waals surface area contributed by atoms with Crippen molar-refractivity contribution in [3.8, 4) is 5.69 Å². The molecule has 0 radical (unpaired) electrons. The van der Waals surface area contributed by atoms with Gasteiger partial charge in [0.2, 0.25) is 5.82 Å². The predicted octanol–water partition coefficient (Wildman–Crippen LogP) is 2.13. The Morgan fingerprint density at radius 2 is 2.21 bits per heavy atom. The summed E-state index contributed by atoms with van der Waals surface area (Å²) in [5, 5.41) is 13.5. The van der Waals surface area contributed by atoms with Crippen molar-refractivity contribution in [1.82, 2.24) is 19.7 Å². The van der Waals surface area contributed by atoms with Gasteiger partial charge in [0, 0.05) is 18.5 Å². The van der Waals surface area contributed by atoms with Crippen LogP contribution in [0.5, 0.6) is 0 Å². The molecule has 1 aromatic heterocycles. The molecule has 1 aliphatic carbocycles. The van der Waals surface area contributed by atoms with Crippen LogP contribution >= 0.6 is 0 Å². The molecule has 1 fully saturated rings. The molecular weight excluding hydrogens is 311 g/mol. The molecule has 3 rings (SSSR count). The lowest BCUT2D eigenvalue weighted by Crippen LogP contribution is -2.36. The Labute approximate surface area is 139 Å². The second kappa shape index (κ2) is 6.68. The molecule has 1 N–H and O–H groups in total. The molecule has 0 bridgehead atoms. The first-order valence-corrected chi connectivity index (χ1v) is 8.16. The molecule has 1 heterocycles. The van der Waals surface area contributed by atoms with E-state index in [1.165, 1.54) is 16.8 Å². The zero-order valence-corrected chi connectivity index (χ0v) is 13.8. The molecule has 1 aliphatic rings. The van der Waals surface area contributed by atoms with E-state index in [0.717, 1.165) is 12.8 Å². The highest BCUT2D eigenvalue weighted by Crippen LogP contribution is 2.28. The standard InChI is InChI=1S/C17H21FN4O2/c1-11(2)16-19-15(17(24)21(8-9-23)13-6-7-13)20-22(16)14-5-3-4-12(18)10-14/h3-5,10-11,13,23H,6-9H2,1-2H3. The van der Waals surface area contributed by atoms with E-state index in [9.17, 15) is 14.3 Å². The second-order valence-corrected chi connectivity index (χ2v) is 6.29. The first kappa shape index (κ1) is 16.6. The smallest absolute Gasteiger partial charge is 0.293 e. The maximum absolute atomic E-state index is 13.5. The summed E-state index contributed by atoms with van der Waals surface area (Å²) in [4.78, 5) is 18.7. The highest BCUT2D eigenvalue weighted by molar-refractivity contribution is 5.91. The van der Waals surface area contributed by atoms with Crippen molar-refractivity contribution in [3.05, 3.63) is 41.7 Å². The van der Waals surface area contributed by atoms with Gasteiger partial charge in [0.25, 0.3) is 5.91 Å². The minimum absolute atomic E-state index is 0.0227. The van der Waals surface area contributed by atoms with E-state index >= 15 is 0 Å². The molecule has 0 atom stereocenters. The van der Waals surface area contributed by atoms with Crippen LogP contribution < -0.4 is 0 Å². The van der Waals surface area contributed by atoms with Gasteiger partial charge >= 0.3 is 0 Å². The molecule has 0 aliphatic heterocycles. The van der Waals surface area contributed by atoms with Crippen molar-refractivity contribution in [2.45, 2.75) is 38.6 Å². The number of aliphatic hydroxyl groups excluding tert-OH is 1. The molecule has 0 unspecified atom stereocenters. The van der Waals surface area contributed by atoms with E-state index in [2.05, 4.69) is 10.1 Å². The summed E-state index contributed by atoms with van der Waals surface area (Å²) in [5.74, 6) is 0.0515. The summed E-state index contributed by atoms with van der Waals surface area (Å²) in [6.07, 6.45) is 1.88. The Kier molecular flexibility index (Phi) is 4.62. The van der Waals surface area contributed by atoms with Crippen molar-refractivity contribution >= 4 is 5.91 Å². The van der Waals surface area contributed by atoms with Crippen LogP contribution in [0.15, 0.2) is 24.3 Å². The Bertz CT molecular complexity index is 740. The molecular formula is C17H21FN4O2. The lowest BCUT2D eigenvalue weighted by atomic mass is 10.2. The molecule has 7 heteroatoms. The van der Waals surface area contributed by atoms with Gasteiger partial charge in [-0.25, -0.2) is 14.1 Å². The van der Waals surface area contributed by atoms with E-state index in [0.29, 0.717) is 11.5 Å². The minimum Gasteiger partial charge on any atom is -0.395 e. The number of halogens is 1. The van der Waals surface area contributed by atoms with Crippen molar-refractivity contribution < 1.29 is 14.3 Å². The van der Waals surface area contributed by atoms with Gasteiger partial charge < -0.3 is 10.0 Å². The SMILES string of the molecule is CC(C)c1nc(C(=O)N(CCO)C2CC2)nn1-c1cccc(F)c1. The topological polar surface area (TPSA) is 71.2 Å². The highest BCUT2D eigenvalue weighted by atomic mass is 19.1. The van der Waals surface area contributed by atoms with Crippen LogP contribution in [-0.2, 0) is 0 Å². The third kappa shape index (κ3) is 3.31. The summed E-state index contributed by atoms with van der Waals surface area (Å²) in [6, 6.07) is 6.21. The fourth-order valence-corrected chi connectivity index (χ4v) is 2.66. The van der Waals surface area contributed by atoms with Gasteiger partial charge in [0.15, 0.2) is 0 Å². The van der Waals surface area contributed by atoms with Gasteiger partial charge in [-0.1, -0.05) is 19.9 Å². The number of carbonyl (C=O) groups excluding carboxylic acids is 1. The number of nitrogens with zero attached hydrogens (tertiary/aromatic N) is 4. The summed E-state index contributed by atoms with van der Waals surface area (Å²) in [6.45, 7) is 4.07. The summed E-state index contributed by atoms with van der Waals surface area (Å²) < 4.78 is 15.0. The molecule has 1 aromatic carbocycles. The highest BCUT2D eigenvalue weighted by Gasteiger charge is 2.34. The molecule has 0 saturated heterocycles. The largest absolute Gasteiger partial charge is 0.395 e. The minimum atomic E-state index is -0.370. The Morgan fingerprint density at radius 3 is 2.79 bits per heavy atom. The molecule has 6 nitrogen and oxygen atoms in total. The number of amides is 1. The van der Waals surface area contributed by atoms with Crippen LogP contribution in [0.1, 0.15) is 49.1 Å². The monoisotopic (exact) mass is 332 g/mol. The van der Waals surface area contributed by atoms with Gasteiger partial charge in [-0.05, 0) is 31.0 Å². The van der Waals surface area contributed by atoms with Gasteiger partial charge in [0.1, 0.15) is 11.6 Å². The predicted molar refractivity (Wildman–Crippen MR) is 86.6 cm³/mol. The summed E-state index contributed by atoms with van der Waals surface area (Å²) >= 11 is 0. The van der Waals surface area contributed by atoms with E-state index < -0.39 is 0 Å². The van der Waals surface area contributed by atoms with Crippen LogP contribution in [0.4, 0.5) is 4.39 Å². The van der Waals surface area contributed by atoms with Crippen molar-refractivity contribution in [2.24, 2.45) is 0 Å². The third-order valence-electron chi connectivity index (χ3n) is 3.98. The molecule has 1 saturated carbocycles. The molecule has 2 aromatic rings. The fraction of sp³-hybridized carbons (Fsp3) is 0.471. The molecule has 1 amide bonds. The zero-order valence-electron chi connectivity index (χ0n) is 13.8. The number of aromatic nitrogens is 3. The summed E-state index contributed by atoms with van der Waals surface area (Å²) in [5.41, 5.74) is 0.533. The zero-order chi connectivity index (χ0) is 17.3. The Morgan fingerprint density at radius 1 is 1.46 bits per heavy atom. The van der Waals surface area contributed by atoms with Crippen molar-refractivity contribution in [2.75, 3.05) is 13.2 Å². The second-order valence-electron chi connectivity index (χ2n) is 6.29. The number of hydrogen-bond donors (Lipinski definition) is 1. The van der Waals surface area contributed by atoms with Gasteiger partial charge in [-0.15, -0.1) is 5.10 Å². The van der Waals surface area contributed by atoms with E-state index in [4.69, 9.17) is 0 Å². The molecule has 24 heavy (non-hydrogen) atoms. The number of aliphatic hydroxyl groups is 1. The van der Waals surface area contributed by atoms with Crippen LogP contribution in [0.2, 0.25) is 0 Å². The molecule has 128 valence electrons. The summed E-state index contributed by atoms with van der Waals surface area (Å²) in [7, 11) is 0. The van der Waals surface area contributed by atoms with E-state index in [1.54, 1.807) is 17.0 Å². The Hall–Kier alpha value is -2.28. The normalized spacial score (nSPS) is 14.2. The van der Waals surface area contributed by atoms with Crippen molar-refractivity contribution in [3.63, 3.8) is 0 Å².